The van der Waals surface area contributed by atoms with Gasteiger partial charge >= 0.3 is 0 Å². The van der Waals surface area contributed by atoms with E-state index in [0.717, 1.165) is 45.0 Å². The molecular weight excluding hydrogens is 495 g/mol. The van der Waals surface area contributed by atoms with Crippen LogP contribution in [0, 0.1) is 0 Å². The lowest BCUT2D eigenvalue weighted by molar-refractivity contribution is 0.456. The molecule has 1 aromatic carbocycles. The molecule has 1 unspecified atom stereocenters. The average Bonchev–Trinajstić information content (AvgIpc) is 3.57. The fourth-order valence-electron chi connectivity index (χ4n) is 4.06. The van der Waals surface area contributed by atoms with Gasteiger partial charge in [0.1, 0.15) is 5.75 Å². The Bertz CT molecular complexity index is 1430. The minimum Gasteiger partial charge on any atom is -0.453 e. The summed E-state index contributed by atoms with van der Waals surface area (Å²) in [7, 11) is 0. The van der Waals surface area contributed by atoms with Crippen molar-refractivity contribution in [3.05, 3.63) is 77.4 Å². The van der Waals surface area contributed by atoms with Crippen molar-refractivity contribution in [2.75, 3.05) is 18.4 Å². The second-order valence-corrected chi connectivity index (χ2v) is 11.1. The summed E-state index contributed by atoms with van der Waals surface area (Å²) in [5, 5.41) is 11.9. The van der Waals surface area contributed by atoms with Crippen LogP contribution < -0.4 is 15.4 Å². The van der Waals surface area contributed by atoms with Crippen LogP contribution in [0.15, 0.2) is 81.5 Å². The molecule has 0 bridgehead atoms. The third kappa shape index (κ3) is 5.18. The van der Waals surface area contributed by atoms with Gasteiger partial charge in [-0.3, -0.25) is 4.98 Å². The van der Waals surface area contributed by atoms with Gasteiger partial charge in [0, 0.05) is 46.1 Å². The van der Waals surface area contributed by atoms with Crippen LogP contribution in [0.1, 0.15) is 24.5 Å². The van der Waals surface area contributed by atoms with E-state index in [-0.39, 0.29) is 0 Å². The SMILES string of the molecule is c1ccc(Oc2cc(Sc3ccnc4ccsc34)cnc2Nc2nc(C3CCCNC3)cs2)cc1. The van der Waals surface area contributed by atoms with E-state index in [0.29, 0.717) is 17.5 Å². The van der Waals surface area contributed by atoms with Gasteiger partial charge in [0.05, 0.1) is 15.9 Å². The molecule has 5 aromatic rings. The summed E-state index contributed by atoms with van der Waals surface area (Å²) in [4.78, 5) is 16.2. The van der Waals surface area contributed by atoms with Gasteiger partial charge in [-0.1, -0.05) is 30.0 Å². The summed E-state index contributed by atoms with van der Waals surface area (Å²) in [6, 6.07) is 15.9. The normalized spacial score (nSPS) is 15.8. The quantitative estimate of drug-likeness (QED) is 0.235. The number of hydrogen-bond donors (Lipinski definition) is 2. The number of piperidine rings is 1. The zero-order chi connectivity index (χ0) is 23.5. The monoisotopic (exact) mass is 517 g/mol. The van der Waals surface area contributed by atoms with E-state index in [9.17, 15) is 0 Å². The fraction of sp³-hybridized carbons (Fsp3) is 0.192. The number of nitrogens with zero attached hydrogens (tertiary/aromatic N) is 3. The number of hydrogen-bond acceptors (Lipinski definition) is 9. The number of ether oxygens (including phenoxy) is 1. The zero-order valence-electron chi connectivity index (χ0n) is 18.8. The van der Waals surface area contributed by atoms with Gasteiger partial charge in [-0.15, -0.1) is 22.7 Å². The molecule has 6 rings (SSSR count). The average molecular weight is 518 g/mol. The molecule has 9 heteroatoms. The topological polar surface area (TPSA) is 72.0 Å². The molecule has 176 valence electrons. The summed E-state index contributed by atoms with van der Waals surface area (Å²) in [6.07, 6.45) is 6.10. The van der Waals surface area contributed by atoms with Crippen molar-refractivity contribution in [3.8, 4) is 11.5 Å². The summed E-state index contributed by atoms with van der Waals surface area (Å²) in [5.41, 5.74) is 2.15. The van der Waals surface area contributed by atoms with Gasteiger partial charge < -0.3 is 15.4 Å². The smallest absolute Gasteiger partial charge is 0.188 e. The third-order valence-electron chi connectivity index (χ3n) is 5.80. The lowest BCUT2D eigenvalue weighted by atomic mass is 9.97. The van der Waals surface area contributed by atoms with Crippen LogP contribution in [-0.2, 0) is 0 Å². The fourth-order valence-corrected chi connectivity index (χ4v) is 6.73. The first kappa shape index (κ1) is 22.5. The van der Waals surface area contributed by atoms with Crippen LogP contribution in [0.3, 0.4) is 0 Å². The van der Waals surface area contributed by atoms with Crippen LogP contribution in [0.25, 0.3) is 10.2 Å². The molecule has 0 amide bonds. The van der Waals surface area contributed by atoms with E-state index in [1.807, 2.05) is 60.9 Å². The molecule has 6 nitrogen and oxygen atoms in total. The largest absolute Gasteiger partial charge is 0.453 e. The van der Waals surface area contributed by atoms with Crippen LogP contribution in [0.5, 0.6) is 11.5 Å². The standard InChI is InChI=1S/C26H23N5OS3/c1-2-6-18(7-3-1)32-22-13-19(35-23-8-11-28-20-9-12-33-24(20)23)15-29-25(22)31-26-30-21(16-34-26)17-5-4-10-27-14-17/h1-3,6-9,11-13,15-17,27H,4-5,10,14H2,(H,29,30,31). The Morgan fingerprint density at radius 2 is 2.03 bits per heavy atom. The molecule has 5 heterocycles. The van der Waals surface area contributed by atoms with Gasteiger partial charge in [-0.25, -0.2) is 9.97 Å². The molecule has 0 saturated carbocycles. The Morgan fingerprint density at radius 3 is 2.91 bits per heavy atom. The van der Waals surface area contributed by atoms with Crippen LogP contribution in [0.4, 0.5) is 10.9 Å². The van der Waals surface area contributed by atoms with Crippen molar-refractivity contribution >= 4 is 55.6 Å². The van der Waals surface area contributed by atoms with Gasteiger partial charge in [0.15, 0.2) is 16.7 Å². The number of para-hydroxylation sites is 1. The predicted octanol–water partition coefficient (Wildman–Crippen LogP) is 7.30. The van der Waals surface area contributed by atoms with E-state index in [1.54, 1.807) is 34.4 Å². The molecule has 1 fully saturated rings. The zero-order valence-corrected chi connectivity index (χ0v) is 21.3. The predicted molar refractivity (Wildman–Crippen MR) is 145 cm³/mol. The van der Waals surface area contributed by atoms with E-state index in [4.69, 9.17) is 14.7 Å². The molecule has 4 aromatic heterocycles. The Labute approximate surface area is 215 Å². The molecule has 1 saturated heterocycles. The number of thiophene rings is 1. The molecular formula is C26H23N5OS3. The Morgan fingerprint density at radius 1 is 1.09 bits per heavy atom. The van der Waals surface area contributed by atoms with Crippen LogP contribution in [0.2, 0.25) is 0 Å². The number of pyridine rings is 2. The molecule has 0 aliphatic carbocycles. The van der Waals surface area contributed by atoms with Gasteiger partial charge in [-0.05, 0) is 49.0 Å². The van der Waals surface area contributed by atoms with E-state index >= 15 is 0 Å². The van der Waals surface area contributed by atoms with E-state index in [2.05, 4.69) is 26.4 Å². The van der Waals surface area contributed by atoms with Crippen LogP contribution >= 0.6 is 34.4 Å². The highest BCUT2D eigenvalue weighted by atomic mass is 32.2. The molecule has 1 aliphatic rings. The highest BCUT2D eigenvalue weighted by Gasteiger charge is 2.19. The Hall–Kier alpha value is -2.98. The summed E-state index contributed by atoms with van der Waals surface area (Å²) in [5.74, 6) is 2.54. The first-order valence-corrected chi connectivity index (χ1v) is 14.1. The van der Waals surface area contributed by atoms with Crippen molar-refractivity contribution in [2.45, 2.75) is 28.6 Å². The maximum atomic E-state index is 6.27. The van der Waals surface area contributed by atoms with Crippen LogP contribution in [-0.4, -0.2) is 28.0 Å². The lowest BCUT2D eigenvalue weighted by Crippen LogP contribution is -2.28. The third-order valence-corrected chi connectivity index (χ3v) is 8.66. The summed E-state index contributed by atoms with van der Waals surface area (Å²) >= 11 is 4.97. The van der Waals surface area contributed by atoms with Gasteiger partial charge in [-0.2, -0.15) is 0 Å². The minimum absolute atomic E-state index is 0.469. The second-order valence-electron chi connectivity index (χ2n) is 8.22. The molecule has 2 N–H and O–H groups in total. The maximum absolute atomic E-state index is 6.27. The van der Waals surface area contributed by atoms with Crippen molar-refractivity contribution in [3.63, 3.8) is 0 Å². The van der Waals surface area contributed by atoms with Gasteiger partial charge in [0.2, 0.25) is 0 Å². The Kier molecular flexibility index (Phi) is 6.64. The maximum Gasteiger partial charge on any atom is 0.188 e. The highest BCUT2D eigenvalue weighted by molar-refractivity contribution is 7.99. The number of nitrogens with one attached hydrogen (secondary N) is 2. The molecule has 1 atom stereocenters. The van der Waals surface area contributed by atoms with Crippen molar-refractivity contribution in [1.29, 1.82) is 0 Å². The first-order valence-electron chi connectivity index (χ1n) is 11.5. The Balaban J connectivity index is 1.29. The minimum atomic E-state index is 0.469. The summed E-state index contributed by atoms with van der Waals surface area (Å²) in [6.45, 7) is 2.08. The molecule has 0 spiro atoms. The number of fused-ring (bicyclic) bond motifs is 1. The molecule has 0 radical (unpaired) electrons. The number of thiazole rings is 1. The second kappa shape index (κ2) is 10.3. The highest BCUT2D eigenvalue weighted by Crippen LogP contribution is 2.39. The number of benzene rings is 1. The molecule has 1 aliphatic heterocycles. The molecule has 35 heavy (non-hydrogen) atoms. The first-order chi connectivity index (χ1) is 17.3. The lowest BCUT2D eigenvalue weighted by Gasteiger charge is -2.20. The van der Waals surface area contributed by atoms with Crippen molar-refractivity contribution in [2.24, 2.45) is 0 Å². The number of rotatable bonds is 7. The van der Waals surface area contributed by atoms with E-state index in [1.165, 1.54) is 17.5 Å². The van der Waals surface area contributed by atoms with Crippen molar-refractivity contribution < 1.29 is 4.74 Å². The van der Waals surface area contributed by atoms with Crippen molar-refractivity contribution in [1.82, 2.24) is 20.3 Å². The summed E-state index contributed by atoms with van der Waals surface area (Å²) < 4.78 is 7.45. The number of anilines is 2. The van der Waals surface area contributed by atoms with Gasteiger partial charge in [0.25, 0.3) is 0 Å². The number of aromatic nitrogens is 3. The van der Waals surface area contributed by atoms with E-state index < -0.39 is 0 Å².